The minimum atomic E-state index is -0.303. The summed E-state index contributed by atoms with van der Waals surface area (Å²) in [5.41, 5.74) is 5.60. The number of H-pyrrole nitrogens is 1. The lowest BCUT2D eigenvalue weighted by Crippen LogP contribution is -2.31. The Kier molecular flexibility index (Phi) is 5.40. The highest BCUT2D eigenvalue weighted by Crippen LogP contribution is 2.26. The molecule has 1 atom stereocenters. The molecule has 0 amide bonds. The second-order valence-electron chi connectivity index (χ2n) is 4.27. The summed E-state index contributed by atoms with van der Waals surface area (Å²) in [5.74, 6) is 0.493. The second-order valence-corrected chi connectivity index (χ2v) is 4.27. The van der Waals surface area contributed by atoms with Crippen LogP contribution in [0.4, 0.5) is 17.5 Å². The monoisotopic (exact) mass is 291 g/mol. The number of nitrogens with one attached hydrogen (secondary N) is 2. The van der Waals surface area contributed by atoms with Gasteiger partial charge >= 0.3 is 0 Å². The molecule has 1 aromatic heterocycles. The molecule has 6 N–H and O–H groups in total. The molecule has 1 aliphatic heterocycles. The molecule has 0 aliphatic carbocycles. The van der Waals surface area contributed by atoms with Crippen molar-refractivity contribution in [3.8, 4) is 0 Å². The van der Waals surface area contributed by atoms with Gasteiger partial charge in [0.2, 0.25) is 5.95 Å². The van der Waals surface area contributed by atoms with Crippen molar-refractivity contribution >= 4 is 29.9 Å². The summed E-state index contributed by atoms with van der Waals surface area (Å²) in [4.78, 5) is 19.9. The van der Waals surface area contributed by atoms with Gasteiger partial charge in [-0.15, -0.1) is 12.4 Å². The van der Waals surface area contributed by atoms with Gasteiger partial charge in [-0.25, -0.2) is 0 Å². The molecule has 0 saturated carbocycles. The van der Waals surface area contributed by atoms with E-state index in [0.717, 1.165) is 0 Å². The number of aromatic amines is 1. The van der Waals surface area contributed by atoms with Crippen LogP contribution in [0.15, 0.2) is 4.79 Å². The molecule has 0 fully saturated rings. The quantitative estimate of drug-likeness (QED) is 0.468. The van der Waals surface area contributed by atoms with E-state index in [0.29, 0.717) is 31.1 Å². The first-order chi connectivity index (χ1) is 8.65. The molecule has 8 nitrogen and oxygen atoms in total. The molecule has 0 aromatic carbocycles. The van der Waals surface area contributed by atoms with Crippen molar-refractivity contribution < 1.29 is 10.2 Å². The smallest absolute Gasteiger partial charge is 0.277 e. The molecular weight excluding hydrogens is 274 g/mol. The van der Waals surface area contributed by atoms with Gasteiger partial charge in [-0.3, -0.25) is 9.78 Å². The van der Waals surface area contributed by atoms with Crippen molar-refractivity contribution in [2.45, 2.75) is 6.42 Å². The van der Waals surface area contributed by atoms with E-state index >= 15 is 0 Å². The van der Waals surface area contributed by atoms with E-state index in [9.17, 15) is 9.90 Å². The molecule has 1 aliphatic rings. The summed E-state index contributed by atoms with van der Waals surface area (Å²) in [6.07, 6.45) is 0.501. The van der Waals surface area contributed by atoms with Crippen molar-refractivity contribution in [1.82, 2.24) is 9.97 Å². The van der Waals surface area contributed by atoms with E-state index in [1.165, 1.54) is 0 Å². The molecule has 2 rings (SSSR count). The third kappa shape index (κ3) is 3.28. The lowest BCUT2D eigenvalue weighted by molar-refractivity contribution is 0.186. The highest BCUT2D eigenvalue weighted by Gasteiger charge is 2.25. The minimum absolute atomic E-state index is 0. The van der Waals surface area contributed by atoms with Crippen LogP contribution in [0.5, 0.6) is 0 Å². The Morgan fingerprint density at radius 3 is 2.84 bits per heavy atom. The maximum Gasteiger partial charge on any atom is 0.277 e. The molecule has 9 heteroatoms. The van der Waals surface area contributed by atoms with Gasteiger partial charge < -0.3 is 26.2 Å². The third-order valence-corrected chi connectivity index (χ3v) is 2.94. The first-order valence-corrected chi connectivity index (χ1v) is 5.76. The van der Waals surface area contributed by atoms with Gasteiger partial charge in [0.25, 0.3) is 5.56 Å². The SMILES string of the molecule is Cl.Nc1nc2c(c(=O)[nH]1)NCN2CC(CO)CCO. The van der Waals surface area contributed by atoms with Crippen LogP contribution in [0.3, 0.4) is 0 Å². The highest BCUT2D eigenvalue weighted by atomic mass is 35.5. The number of anilines is 3. The Labute approximate surface area is 116 Å². The third-order valence-electron chi connectivity index (χ3n) is 2.94. The number of nitrogens with zero attached hydrogens (tertiary/aromatic N) is 2. The fourth-order valence-corrected chi connectivity index (χ4v) is 2.00. The molecule has 2 heterocycles. The van der Waals surface area contributed by atoms with Gasteiger partial charge in [0, 0.05) is 25.7 Å². The van der Waals surface area contributed by atoms with E-state index in [4.69, 9.17) is 10.8 Å². The molecule has 108 valence electrons. The molecule has 1 unspecified atom stereocenters. The van der Waals surface area contributed by atoms with Crippen LogP contribution in [0, 0.1) is 5.92 Å². The summed E-state index contributed by atoms with van der Waals surface area (Å²) in [7, 11) is 0. The molecule has 1 aromatic rings. The van der Waals surface area contributed by atoms with Crippen LogP contribution in [0.25, 0.3) is 0 Å². The lowest BCUT2D eigenvalue weighted by atomic mass is 10.1. The Bertz CT molecular complexity index is 481. The predicted molar refractivity (Wildman–Crippen MR) is 74.6 cm³/mol. The van der Waals surface area contributed by atoms with Crippen LogP contribution < -0.4 is 21.5 Å². The number of aromatic nitrogens is 2. The molecular formula is C10H18ClN5O3. The largest absolute Gasteiger partial charge is 0.396 e. The number of hydrogen-bond acceptors (Lipinski definition) is 7. The topological polar surface area (TPSA) is 128 Å². The van der Waals surface area contributed by atoms with Crippen molar-refractivity contribution in [2.75, 3.05) is 42.4 Å². The van der Waals surface area contributed by atoms with Gasteiger partial charge in [-0.1, -0.05) is 0 Å². The highest BCUT2D eigenvalue weighted by molar-refractivity contribution is 5.85. The van der Waals surface area contributed by atoms with Gasteiger partial charge in [-0.2, -0.15) is 4.98 Å². The maximum atomic E-state index is 11.6. The number of halogens is 1. The fraction of sp³-hybridized carbons (Fsp3) is 0.600. The Morgan fingerprint density at radius 1 is 1.47 bits per heavy atom. The predicted octanol–water partition coefficient (Wildman–Crippen LogP) is -1.05. The zero-order valence-corrected chi connectivity index (χ0v) is 11.1. The molecule has 0 saturated heterocycles. The summed E-state index contributed by atoms with van der Waals surface area (Å²) in [6.45, 7) is 0.944. The Balaban J connectivity index is 0.00000180. The zero-order valence-electron chi connectivity index (χ0n) is 10.3. The molecule has 19 heavy (non-hydrogen) atoms. The summed E-state index contributed by atoms with van der Waals surface area (Å²) in [6, 6.07) is 0. The number of rotatable bonds is 5. The Morgan fingerprint density at radius 2 is 2.21 bits per heavy atom. The standard InChI is InChI=1S/C10H17N5O3.ClH/c11-10-13-8-7(9(18)14-10)12-5-15(8)3-6(4-17)1-2-16;/h6,12,16-17H,1-5H2,(H3,11,13,14,18);1H. The lowest BCUT2D eigenvalue weighted by Gasteiger charge is -2.22. The van der Waals surface area contributed by atoms with Gasteiger partial charge in [0.1, 0.15) is 5.69 Å². The zero-order chi connectivity index (χ0) is 13.1. The van der Waals surface area contributed by atoms with E-state index in [1.807, 2.05) is 4.90 Å². The van der Waals surface area contributed by atoms with E-state index in [1.54, 1.807) is 0 Å². The van der Waals surface area contributed by atoms with Crippen molar-refractivity contribution in [3.05, 3.63) is 10.4 Å². The molecule has 0 bridgehead atoms. The van der Waals surface area contributed by atoms with Crippen molar-refractivity contribution in [3.63, 3.8) is 0 Å². The number of fused-ring (bicyclic) bond motifs is 1. The van der Waals surface area contributed by atoms with Crippen LogP contribution in [0.1, 0.15) is 6.42 Å². The van der Waals surface area contributed by atoms with Gasteiger partial charge in [0.15, 0.2) is 5.82 Å². The fourth-order valence-electron chi connectivity index (χ4n) is 2.00. The van der Waals surface area contributed by atoms with Crippen LogP contribution in [0.2, 0.25) is 0 Å². The number of nitrogen functional groups attached to an aromatic ring is 1. The van der Waals surface area contributed by atoms with Crippen LogP contribution in [-0.2, 0) is 0 Å². The summed E-state index contributed by atoms with van der Waals surface area (Å²) < 4.78 is 0. The first kappa shape index (κ1) is 15.5. The number of nitrogens with two attached hydrogens (primary N) is 1. The molecule has 0 spiro atoms. The van der Waals surface area contributed by atoms with Gasteiger partial charge in [0.05, 0.1) is 6.67 Å². The normalized spacial score (nSPS) is 14.5. The average molecular weight is 292 g/mol. The second kappa shape index (κ2) is 6.60. The Hall–Kier alpha value is -1.51. The van der Waals surface area contributed by atoms with Crippen molar-refractivity contribution in [2.24, 2.45) is 5.92 Å². The van der Waals surface area contributed by atoms with E-state index in [-0.39, 0.29) is 43.0 Å². The number of aliphatic hydroxyl groups excluding tert-OH is 2. The summed E-state index contributed by atoms with van der Waals surface area (Å²) >= 11 is 0. The van der Waals surface area contributed by atoms with Crippen LogP contribution in [-0.4, -0.2) is 46.6 Å². The summed E-state index contributed by atoms with van der Waals surface area (Å²) in [5, 5.41) is 21.0. The molecule has 0 radical (unpaired) electrons. The van der Waals surface area contributed by atoms with Gasteiger partial charge in [-0.05, 0) is 6.42 Å². The maximum absolute atomic E-state index is 11.6. The number of hydrogen-bond donors (Lipinski definition) is 5. The van der Waals surface area contributed by atoms with Crippen molar-refractivity contribution in [1.29, 1.82) is 0 Å². The van der Waals surface area contributed by atoms with E-state index in [2.05, 4.69) is 15.3 Å². The van der Waals surface area contributed by atoms with Crippen LogP contribution >= 0.6 is 12.4 Å². The van der Waals surface area contributed by atoms with E-state index < -0.39 is 0 Å². The first-order valence-electron chi connectivity index (χ1n) is 5.76. The minimum Gasteiger partial charge on any atom is -0.396 e. The number of aliphatic hydroxyl groups is 2. The average Bonchev–Trinajstić information content (AvgIpc) is 2.72.